The van der Waals surface area contributed by atoms with Gasteiger partial charge in [-0.15, -0.1) is 0 Å². The molecule has 0 fully saturated rings. The zero-order chi connectivity index (χ0) is 12.1. The molecule has 16 heavy (non-hydrogen) atoms. The van der Waals surface area contributed by atoms with E-state index in [1.807, 2.05) is 0 Å². The van der Waals surface area contributed by atoms with E-state index in [0.717, 1.165) is 0 Å². The predicted molar refractivity (Wildman–Crippen MR) is 80.0 cm³/mol. The molecule has 1 atom stereocenters. The Morgan fingerprint density at radius 3 is 1.44 bits per heavy atom. The van der Waals surface area contributed by atoms with Crippen molar-refractivity contribution in [1.82, 2.24) is 0 Å². The highest BCUT2D eigenvalue weighted by atomic mass is 35.7. The molecule has 0 radical (unpaired) electrons. The fourth-order valence-electron chi connectivity index (χ4n) is 1.99. The highest BCUT2D eigenvalue weighted by Gasteiger charge is 1.96. The van der Waals surface area contributed by atoms with Gasteiger partial charge in [0.15, 0.2) is 0 Å². The molecule has 0 N–H and O–H groups in total. The van der Waals surface area contributed by atoms with Gasteiger partial charge in [-0.1, -0.05) is 82.4 Å². The summed E-state index contributed by atoms with van der Waals surface area (Å²) in [7, 11) is -0.165. The van der Waals surface area contributed by atoms with E-state index in [9.17, 15) is 0 Å². The van der Waals surface area contributed by atoms with Gasteiger partial charge in [0.2, 0.25) is 0 Å². The van der Waals surface area contributed by atoms with E-state index in [0.29, 0.717) is 0 Å². The van der Waals surface area contributed by atoms with Crippen LogP contribution in [0.1, 0.15) is 77.6 Å². The summed E-state index contributed by atoms with van der Waals surface area (Å²) in [6.45, 7) is 4.44. The lowest BCUT2D eigenvalue weighted by Gasteiger charge is -2.03. The van der Waals surface area contributed by atoms with Crippen molar-refractivity contribution >= 4 is 18.5 Å². The highest BCUT2D eigenvalue weighted by Crippen LogP contribution is 2.37. The number of rotatable bonds is 12. The molecule has 0 heterocycles. The van der Waals surface area contributed by atoms with Crippen molar-refractivity contribution in [2.24, 2.45) is 0 Å². The van der Waals surface area contributed by atoms with Crippen molar-refractivity contribution in [2.75, 3.05) is 12.8 Å². The molecule has 0 aliphatic carbocycles. The van der Waals surface area contributed by atoms with Gasteiger partial charge in [-0.3, -0.25) is 0 Å². The number of halogens is 1. The lowest BCUT2D eigenvalue weighted by molar-refractivity contribution is 0.555. The molecule has 0 rings (SSSR count). The minimum absolute atomic E-state index is 0.165. The second kappa shape index (κ2) is 13.8. The van der Waals surface area contributed by atoms with Crippen molar-refractivity contribution in [3.8, 4) is 0 Å². The van der Waals surface area contributed by atoms with Gasteiger partial charge in [0.05, 0.1) is 0 Å². The maximum absolute atomic E-state index is 5.97. The molecule has 0 aromatic rings. The van der Waals surface area contributed by atoms with Crippen LogP contribution in [0.3, 0.4) is 0 Å². The second-order valence-electron chi connectivity index (χ2n) is 4.86. The Bertz CT molecular complexity index is 126. The Labute approximate surface area is 109 Å². The highest BCUT2D eigenvalue weighted by molar-refractivity contribution is 7.83. The van der Waals surface area contributed by atoms with E-state index in [-0.39, 0.29) is 7.27 Å². The van der Waals surface area contributed by atoms with E-state index < -0.39 is 0 Å². The van der Waals surface area contributed by atoms with E-state index in [4.69, 9.17) is 11.2 Å². The van der Waals surface area contributed by atoms with Gasteiger partial charge < -0.3 is 0 Å². The molecule has 1 unspecified atom stereocenters. The van der Waals surface area contributed by atoms with Gasteiger partial charge in [-0.25, -0.2) is 0 Å². The quantitative estimate of drug-likeness (QED) is 0.276. The van der Waals surface area contributed by atoms with Crippen molar-refractivity contribution in [3.05, 3.63) is 0 Å². The molecule has 98 valence electrons. The number of hydrogen-bond acceptors (Lipinski definition) is 0. The van der Waals surface area contributed by atoms with Crippen LogP contribution in [0.25, 0.3) is 0 Å². The Kier molecular flexibility index (Phi) is 14.4. The zero-order valence-corrected chi connectivity index (χ0v) is 13.0. The first-order valence-electron chi connectivity index (χ1n) is 7.14. The molecule has 0 aromatic heterocycles. The molecule has 2 heteroatoms. The van der Waals surface area contributed by atoms with E-state index in [1.54, 1.807) is 0 Å². The smallest absolute Gasteiger partial charge is 0.0129 e. The van der Waals surface area contributed by atoms with Crippen LogP contribution >= 0.6 is 18.5 Å². The van der Waals surface area contributed by atoms with Gasteiger partial charge in [-0.2, -0.15) is 0 Å². The molecule has 0 aromatic carbocycles. The minimum atomic E-state index is -0.165. The molecule has 0 bridgehead atoms. The first kappa shape index (κ1) is 16.7. The summed E-state index contributed by atoms with van der Waals surface area (Å²) in [5, 5.41) is 0. The van der Waals surface area contributed by atoms with Crippen LogP contribution in [0.2, 0.25) is 0 Å². The summed E-state index contributed by atoms with van der Waals surface area (Å²) in [6, 6.07) is 0. The molecule has 0 nitrogen and oxygen atoms in total. The molecular weight excluding hydrogens is 235 g/mol. The predicted octanol–water partition coefficient (Wildman–Crippen LogP) is 6.56. The normalized spacial score (nSPS) is 12.9. The summed E-state index contributed by atoms with van der Waals surface area (Å²) in [5.41, 5.74) is 0. The summed E-state index contributed by atoms with van der Waals surface area (Å²) < 4.78 is 0. The molecule has 0 amide bonds. The van der Waals surface area contributed by atoms with Crippen LogP contribution in [0, 0.1) is 0 Å². The van der Waals surface area contributed by atoms with Crippen LogP contribution in [0.4, 0.5) is 0 Å². The summed E-state index contributed by atoms with van der Waals surface area (Å²) in [5.74, 6) is 0. The second-order valence-corrected chi connectivity index (χ2v) is 8.25. The van der Waals surface area contributed by atoms with Crippen LogP contribution in [-0.4, -0.2) is 12.8 Å². The fourth-order valence-corrected chi connectivity index (χ4v) is 3.01. The third-order valence-electron chi connectivity index (χ3n) is 3.07. The Morgan fingerprint density at radius 1 is 0.688 bits per heavy atom. The minimum Gasteiger partial charge on any atom is -0.0967 e. The van der Waals surface area contributed by atoms with E-state index in [2.05, 4.69) is 13.6 Å². The van der Waals surface area contributed by atoms with Crippen molar-refractivity contribution in [2.45, 2.75) is 77.6 Å². The first-order chi connectivity index (χ1) is 7.77. The standard InChI is InChI=1S/C14H30ClP/c1-3-4-5-6-7-8-9-10-11-12-13-14-16(2)15/h3-14H2,1-2H3. The average molecular weight is 265 g/mol. The number of hydrogen-bond donors (Lipinski definition) is 0. The third-order valence-corrected chi connectivity index (χ3v) is 4.51. The molecular formula is C14H30ClP. The van der Waals surface area contributed by atoms with Crippen LogP contribution in [0.5, 0.6) is 0 Å². The largest absolute Gasteiger partial charge is 0.0967 e. The first-order valence-corrected chi connectivity index (χ1v) is 10.0. The topological polar surface area (TPSA) is 0 Å². The van der Waals surface area contributed by atoms with Crippen LogP contribution < -0.4 is 0 Å². The van der Waals surface area contributed by atoms with E-state index in [1.165, 1.54) is 76.8 Å². The average Bonchev–Trinajstić information content (AvgIpc) is 2.25. The molecule has 0 saturated carbocycles. The van der Waals surface area contributed by atoms with Crippen molar-refractivity contribution in [1.29, 1.82) is 0 Å². The Balaban J connectivity index is 2.88. The lowest BCUT2D eigenvalue weighted by atomic mass is 10.1. The number of unbranched alkanes of at least 4 members (excludes halogenated alkanes) is 10. The Hall–Kier alpha value is 0.720. The molecule has 0 spiro atoms. The van der Waals surface area contributed by atoms with Crippen molar-refractivity contribution in [3.63, 3.8) is 0 Å². The summed E-state index contributed by atoms with van der Waals surface area (Å²) >= 11 is 5.97. The SMILES string of the molecule is CCCCCCCCCCCCCP(C)Cl. The molecule has 0 saturated heterocycles. The lowest BCUT2D eigenvalue weighted by Crippen LogP contribution is -1.83. The van der Waals surface area contributed by atoms with Gasteiger partial charge in [-0.05, 0) is 26.5 Å². The Morgan fingerprint density at radius 2 is 1.06 bits per heavy atom. The van der Waals surface area contributed by atoms with Crippen molar-refractivity contribution < 1.29 is 0 Å². The summed E-state index contributed by atoms with van der Waals surface area (Å²) in [6.07, 6.45) is 16.9. The van der Waals surface area contributed by atoms with Gasteiger partial charge >= 0.3 is 0 Å². The summed E-state index contributed by atoms with van der Waals surface area (Å²) in [4.78, 5) is 0. The van der Waals surface area contributed by atoms with Crippen LogP contribution in [-0.2, 0) is 0 Å². The van der Waals surface area contributed by atoms with Gasteiger partial charge in [0, 0.05) is 0 Å². The van der Waals surface area contributed by atoms with Crippen LogP contribution in [0.15, 0.2) is 0 Å². The zero-order valence-electron chi connectivity index (χ0n) is 11.3. The van der Waals surface area contributed by atoms with E-state index >= 15 is 0 Å². The fraction of sp³-hybridized carbons (Fsp3) is 1.00. The molecule has 0 aliphatic heterocycles. The van der Waals surface area contributed by atoms with Gasteiger partial charge in [0.25, 0.3) is 0 Å². The third kappa shape index (κ3) is 14.7. The molecule has 0 aliphatic rings. The maximum Gasteiger partial charge on any atom is -0.0129 e. The monoisotopic (exact) mass is 264 g/mol. The maximum atomic E-state index is 5.97. The van der Waals surface area contributed by atoms with Gasteiger partial charge in [0.1, 0.15) is 0 Å².